The molecule has 0 atom stereocenters. The summed E-state index contributed by atoms with van der Waals surface area (Å²) in [5, 5.41) is 17.8. The summed E-state index contributed by atoms with van der Waals surface area (Å²) in [6, 6.07) is 13.2. The molecule has 1 aliphatic carbocycles. The van der Waals surface area contributed by atoms with Gasteiger partial charge in [0.25, 0.3) is 0 Å². The maximum atomic E-state index is 14.9. The number of ether oxygens (including phenoxy) is 1. The number of anilines is 3. The molecule has 2 aromatic carbocycles. The molecule has 0 amide bonds. The zero-order valence-corrected chi connectivity index (χ0v) is 20.9. The first-order chi connectivity index (χ1) is 19.0. The van der Waals surface area contributed by atoms with Crippen molar-refractivity contribution in [3.8, 4) is 17.3 Å². The number of pyridine rings is 1. The van der Waals surface area contributed by atoms with E-state index in [9.17, 15) is 8.78 Å². The van der Waals surface area contributed by atoms with Gasteiger partial charge in [-0.2, -0.15) is 5.10 Å². The maximum absolute atomic E-state index is 14.9. The summed E-state index contributed by atoms with van der Waals surface area (Å²) < 4.78 is 36.6. The van der Waals surface area contributed by atoms with Crippen LogP contribution in [-0.2, 0) is 19.4 Å². The molecule has 11 heteroatoms. The number of aliphatic hydroxyl groups is 1. The number of para-hydroxylation sites is 1. The molecule has 0 aliphatic heterocycles. The van der Waals surface area contributed by atoms with Crippen LogP contribution < -0.4 is 15.8 Å². The molecule has 4 N–H and O–H groups in total. The highest BCUT2D eigenvalue weighted by atomic mass is 19.1. The van der Waals surface area contributed by atoms with E-state index in [0.29, 0.717) is 28.7 Å². The molecule has 9 nitrogen and oxygen atoms in total. The largest absolute Gasteiger partial charge is 0.491 e. The van der Waals surface area contributed by atoms with Gasteiger partial charge in [-0.15, -0.1) is 0 Å². The lowest BCUT2D eigenvalue weighted by atomic mass is 10.1. The Kier molecular flexibility index (Phi) is 6.49. The number of rotatable bonds is 8. The van der Waals surface area contributed by atoms with Gasteiger partial charge in [0.2, 0.25) is 0 Å². The van der Waals surface area contributed by atoms with E-state index in [4.69, 9.17) is 30.6 Å². The second-order valence-electron chi connectivity index (χ2n) is 9.23. The summed E-state index contributed by atoms with van der Waals surface area (Å²) in [7, 11) is 0. The summed E-state index contributed by atoms with van der Waals surface area (Å²) in [4.78, 5) is 13.7. The third-order valence-corrected chi connectivity index (χ3v) is 6.63. The minimum absolute atomic E-state index is 0.0105. The van der Waals surface area contributed by atoms with Crippen molar-refractivity contribution >= 4 is 28.2 Å². The third kappa shape index (κ3) is 4.84. The van der Waals surface area contributed by atoms with Crippen molar-refractivity contribution in [1.29, 1.82) is 0 Å². The van der Waals surface area contributed by atoms with Gasteiger partial charge in [-0.3, -0.25) is 4.68 Å². The van der Waals surface area contributed by atoms with E-state index in [-0.39, 0.29) is 31.1 Å². The number of aryl methyl sites for hydroxylation is 1. The quantitative estimate of drug-likeness (QED) is 0.270. The van der Waals surface area contributed by atoms with Crippen LogP contribution in [0.1, 0.15) is 23.2 Å². The Morgan fingerprint density at radius 3 is 2.67 bits per heavy atom. The molecule has 0 saturated carbocycles. The molecule has 1 aliphatic rings. The molecule has 198 valence electrons. The van der Waals surface area contributed by atoms with Gasteiger partial charge in [0.1, 0.15) is 41.3 Å². The second-order valence-corrected chi connectivity index (χ2v) is 9.23. The van der Waals surface area contributed by atoms with Gasteiger partial charge in [-0.25, -0.2) is 23.7 Å². The first-order valence-electron chi connectivity index (χ1n) is 12.6. The zero-order valence-electron chi connectivity index (χ0n) is 20.9. The van der Waals surface area contributed by atoms with E-state index >= 15 is 0 Å². The van der Waals surface area contributed by atoms with E-state index < -0.39 is 11.6 Å². The Labute approximate surface area is 222 Å². The van der Waals surface area contributed by atoms with Crippen molar-refractivity contribution in [2.75, 3.05) is 24.3 Å². The molecule has 0 bridgehead atoms. The normalized spacial score (nSPS) is 12.6. The second kappa shape index (κ2) is 10.3. The Balaban J connectivity index is 1.41. The lowest BCUT2D eigenvalue weighted by molar-refractivity contribution is 0.200. The number of fused-ring (bicyclic) bond motifs is 2. The van der Waals surface area contributed by atoms with E-state index in [0.717, 1.165) is 53.7 Å². The standard InChI is InChI=1S/C28H25F2N7O2/c29-21-13-17(39-11-10-38)14-22(30)20(21)15-37-24-7-2-1-4-19(24)26(36-37)28-34-23-6-3-5-18(23)27(35-28)33-16-8-9-32-25(31)12-16/h1-2,4,7-9,12-14,38H,3,5-6,10-11,15H2,(H3,31,32,33,34,35). The van der Waals surface area contributed by atoms with Crippen LogP contribution in [-0.4, -0.2) is 43.1 Å². The molecule has 0 unspecified atom stereocenters. The van der Waals surface area contributed by atoms with Crippen molar-refractivity contribution in [2.45, 2.75) is 25.8 Å². The predicted octanol–water partition coefficient (Wildman–Crippen LogP) is 4.40. The Bertz CT molecular complexity index is 1670. The van der Waals surface area contributed by atoms with Crippen molar-refractivity contribution in [2.24, 2.45) is 0 Å². The molecular weight excluding hydrogens is 504 g/mol. The first kappa shape index (κ1) is 24.7. The number of nitrogen functional groups attached to an aromatic ring is 1. The van der Waals surface area contributed by atoms with Crippen LogP contribution in [0.5, 0.6) is 5.75 Å². The van der Waals surface area contributed by atoms with E-state index in [1.165, 1.54) is 0 Å². The monoisotopic (exact) mass is 529 g/mol. The fourth-order valence-corrected chi connectivity index (χ4v) is 4.85. The predicted molar refractivity (Wildman–Crippen MR) is 143 cm³/mol. The lowest BCUT2D eigenvalue weighted by Gasteiger charge is -2.12. The van der Waals surface area contributed by atoms with Crippen LogP contribution in [0, 0.1) is 11.6 Å². The van der Waals surface area contributed by atoms with Crippen LogP contribution in [0.3, 0.4) is 0 Å². The molecule has 6 rings (SSSR count). The number of hydrogen-bond acceptors (Lipinski definition) is 8. The van der Waals surface area contributed by atoms with Crippen LogP contribution in [0.4, 0.5) is 26.1 Å². The van der Waals surface area contributed by atoms with Gasteiger partial charge >= 0.3 is 0 Å². The molecule has 39 heavy (non-hydrogen) atoms. The zero-order chi connectivity index (χ0) is 26.9. The summed E-state index contributed by atoms with van der Waals surface area (Å²) >= 11 is 0. The van der Waals surface area contributed by atoms with Gasteiger partial charge in [0.05, 0.1) is 18.7 Å². The van der Waals surface area contributed by atoms with E-state index in [1.807, 2.05) is 30.3 Å². The smallest absolute Gasteiger partial charge is 0.182 e. The SMILES string of the molecule is Nc1cc(Nc2nc(-c3nn(Cc4c(F)cc(OCCO)cc4F)c4ccccc34)nc3c2CCC3)ccn1. The topological polar surface area (TPSA) is 124 Å². The van der Waals surface area contributed by atoms with Gasteiger partial charge in [-0.05, 0) is 31.4 Å². The van der Waals surface area contributed by atoms with Crippen LogP contribution in [0.2, 0.25) is 0 Å². The van der Waals surface area contributed by atoms with Crippen LogP contribution in [0.15, 0.2) is 54.7 Å². The maximum Gasteiger partial charge on any atom is 0.182 e. The summed E-state index contributed by atoms with van der Waals surface area (Å²) in [6.45, 7) is -0.464. The van der Waals surface area contributed by atoms with Gasteiger partial charge in [0.15, 0.2) is 5.82 Å². The fraction of sp³-hybridized carbons (Fsp3) is 0.214. The van der Waals surface area contributed by atoms with Gasteiger partial charge in [-0.1, -0.05) is 18.2 Å². The molecular formula is C28H25F2N7O2. The van der Waals surface area contributed by atoms with Crippen molar-refractivity contribution in [1.82, 2.24) is 24.7 Å². The Morgan fingerprint density at radius 1 is 1.05 bits per heavy atom. The molecule has 3 heterocycles. The summed E-state index contributed by atoms with van der Waals surface area (Å²) in [5.41, 5.74) is 9.66. The number of benzene rings is 2. The number of halogens is 2. The van der Waals surface area contributed by atoms with Crippen LogP contribution in [0.25, 0.3) is 22.4 Å². The molecule has 0 fully saturated rings. The van der Waals surface area contributed by atoms with Crippen molar-refractivity contribution in [3.63, 3.8) is 0 Å². The molecule has 0 radical (unpaired) electrons. The Hall–Kier alpha value is -4.64. The highest BCUT2D eigenvalue weighted by molar-refractivity contribution is 5.92. The van der Waals surface area contributed by atoms with Crippen molar-refractivity contribution in [3.05, 3.63) is 83.2 Å². The fourth-order valence-electron chi connectivity index (χ4n) is 4.85. The summed E-state index contributed by atoms with van der Waals surface area (Å²) in [5.74, 6) is -0.0301. The number of aliphatic hydroxyl groups excluding tert-OH is 1. The first-order valence-corrected chi connectivity index (χ1v) is 12.6. The number of nitrogens with two attached hydrogens (primary N) is 1. The van der Waals surface area contributed by atoms with Crippen molar-refractivity contribution < 1.29 is 18.6 Å². The van der Waals surface area contributed by atoms with E-state index in [1.54, 1.807) is 16.9 Å². The minimum atomic E-state index is -0.763. The average molecular weight is 530 g/mol. The number of aromatic nitrogens is 5. The molecule has 5 aromatic rings. The lowest BCUT2D eigenvalue weighted by Crippen LogP contribution is -2.08. The molecule has 0 saturated heterocycles. The highest BCUT2D eigenvalue weighted by Gasteiger charge is 2.24. The summed E-state index contributed by atoms with van der Waals surface area (Å²) in [6.07, 6.45) is 4.26. The van der Waals surface area contributed by atoms with Gasteiger partial charge in [0, 0.05) is 52.3 Å². The molecule has 0 spiro atoms. The highest BCUT2D eigenvalue weighted by Crippen LogP contribution is 2.34. The van der Waals surface area contributed by atoms with Crippen LogP contribution >= 0.6 is 0 Å². The average Bonchev–Trinajstić information content (AvgIpc) is 3.55. The number of nitrogens with one attached hydrogen (secondary N) is 1. The molecule has 3 aromatic heterocycles. The number of nitrogens with zero attached hydrogens (tertiary/aromatic N) is 5. The third-order valence-electron chi connectivity index (χ3n) is 6.63. The minimum Gasteiger partial charge on any atom is -0.491 e. The van der Waals surface area contributed by atoms with E-state index in [2.05, 4.69) is 10.3 Å². The Morgan fingerprint density at radius 2 is 1.87 bits per heavy atom. The van der Waals surface area contributed by atoms with Gasteiger partial charge < -0.3 is 20.9 Å². The number of hydrogen-bond donors (Lipinski definition) is 3.